The average Bonchev–Trinajstić information content (AvgIpc) is 3.89. The predicted molar refractivity (Wildman–Crippen MR) is 225 cm³/mol. The summed E-state index contributed by atoms with van der Waals surface area (Å²) in [6.07, 6.45) is 2.72. The number of carbonyl (C=O) groups excluding carboxylic acids is 5. The summed E-state index contributed by atoms with van der Waals surface area (Å²) in [5.41, 5.74) is 19.9. The van der Waals surface area contributed by atoms with Gasteiger partial charge in [0.15, 0.2) is 17.5 Å². The Morgan fingerprint density at radius 1 is 0.984 bits per heavy atom. The van der Waals surface area contributed by atoms with E-state index in [4.69, 9.17) is 21.9 Å². The van der Waals surface area contributed by atoms with Crippen molar-refractivity contribution >= 4 is 52.4 Å². The van der Waals surface area contributed by atoms with Gasteiger partial charge in [-0.2, -0.15) is 0 Å². The first kappa shape index (κ1) is 45.7. The van der Waals surface area contributed by atoms with Crippen LogP contribution in [-0.2, 0) is 35.2 Å². The summed E-state index contributed by atoms with van der Waals surface area (Å²) in [6, 6.07) is 7.04. The number of benzene rings is 2. The van der Waals surface area contributed by atoms with E-state index in [-0.39, 0.29) is 49.8 Å². The zero-order valence-electron chi connectivity index (χ0n) is 34.4. The molecule has 3 heterocycles. The molecule has 2 aromatic carbocycles. The first-order valence-corrected chi connectivity index (χ1v) is 20.4. The van der Waals surface area contributed by atoms with Crippen molar-refractivity contribution in [1.82, 2.24) is 36.5 Å². The Morgan fingerprint density at radius 3 is 2.46 bits per heavy atom. The van der Waals surface area contributed by atoms with Crippen molar-refractivity contribution in [2.45, 2.75) is 94.5 Å². The summed E-state index contributed by atoms with van der Waals surface area (Å²) in [5, 5.41) is 34.6. The Hall–Kier alpha value is -6.41. The SMILES string of the molecule is COc1cc([C@H]2N[C@H](C(=O)NCC(=O)N[C@@H](CCCN=C(N)N)C(=O)N3CCC[C@H]3C(=O)N[C@@H](C)C(=O)N[C@@H](CCCCN)C(=O)O)Cc3c2[nH]c2ccccc32)ccc1O. The van der Waals surface area contributed by atoms with E-state index >= 15 is 0 Å². The maximum Gasteiger partial charge on any atom is 0.326 e. The molecule has 0 radical (unpaired) electrons. The summed E-state index contributed by atoms with van der Waals surface area (Å²) in [5.74, 6) is -4.08. The van der Waals surface area contributed by atoms with Crippen LogP contribution in [0.25, 0.3) is 10.9 Å². The van der Waals surface area contributed by atoms with E-state index in [1.54, 1.807) is 12.1 Å². The van der Waals surface area contributed by atoms with Gasteiger partial charge in [0.2, 0.25) is 29.5 Å². The third-order valence-corrected chi connectivity index (χ3v) is 10.9. The second-order valence-corrected chi connectivity index (χ2v) is 15.2. The van der Waals surface area contributed by atoms with Crippen molar-refractivity contribution in [3.63, 3.8) is 0 Å². The van der Waals surface area contributed by atoms with E-state index < -0.39 is 78.3 Å². The van der Waals surface area contributed by atoms with Gasteiger partial charge in [0.1, 0.15) is 24.2 Å². The quantitative estimate of drug-likeness (QED) is 0.0383. The van der Waals surface area contributed by atoms with E-state index in [0.29, 0.717) is 38.6 Å². The molecule has 330 valence electrons. The number of carbonyl (C=O) groups is 6. The second kappa shape index (κ2) is 21.2. The van der Waals surface area contributed by atoms with Crippen LogP contribution >= 0.6 is 0 Å². The van der Waals surface area contributed by atoms with E-state index in [1.165, 1.54) is 25.0 Å². The van der Waals surface area contributed by atoms with Crippen molar-refractivity contribution in [2.75, 3.05) is 33.3 Å². The Labute approximate surface area is 352 Å². The van der Waals surface area contributed by atoms with Crippen LogP contribution in [0.15, 0.2) is 47.5 Å². The van der Waals surface area contributed by atoms with Crippen LogP contribution in [0.4, 0.5) is 0 Å². The van der Waals surface area contributed by atoms with Gasteiger partial charge in [0.05, 0.1) is 25.7 Å². The number of unbranched alkanes of at least 4 members (excludes halogenated alkanes) is 1. The number of ether oxygens (including phenoxy) is 1. The highest BCUT2D eigenvalue weighted by molar-refractivity contribution is 5.96. The van der Waals surface area contributed by atoms with Crippen LogP contribution in [0.3, 0.4) is 0 Å². The van der Waals surface area contributed by atoms with Gasteiger partial charge >= 0.3 is 5.97 Å². The molecule has 0 aliphatic carbocycles. The van der Waals surface area contributed by atoms with Crippen molar-refractivity contribution < 1.29 is 43.7 Å². The standard InChI is InChI=1S/C41H57N11O9/c1-22(36(55)51-28(40(59)60)11-5-6-16-42)47-38(57)30-13-8-18-52(30)39(58)27(12-7-17-45-41(43)44)48-33(54)21-46-37(56)29-20-25-24-9-3-4-10-26(24)49-35(25)34(50-29)23-14-15-31(53)32(19-23)61-2/h3-4,9-10,14-15,19,22,27-30,34,49-50,53H,5-8,11-13,16-18,20-21,42H2,1-2H3,(H,46,56)(H,47,57)(H,48,54)(H,51,55)(H,59,60)(H4,43,44,45)/t22-,27-,28-,29-,30-,34+/m0/s1. The normalized spacial score (nSPS) is 18.5. The maximum atomic E-state index is 14.1. The van der Waals surface area contributed by atoms with Crippen LogP contribution in [0, 0.1) is 0 Å². The highest BCUT2D eigenvalue weighted by Gasteiger charge is 2.39. The molecule has 2 aliphatic heterocycles. The van der Waals surface area contributed by atoms with Gasteiger partial charge in [-0.05, 0) is 94.2 Å². The van der Waals surface area contributed by atoms with E-state index in [9.17, 15) is 39.0 Å². The van der Waals surface area contributed by atoms with Gasteiger partial charge in [-0.3, -0.25) is 34.3 Å². The number of nitrogens with zero attached hydrogens (tertiary/aromatic N) is 2. The third-order valence-electron chi connectivity index (χ3n) is 10.9. The summed E-state index contributed by atoms with van der Waals surface area (Å²) >= 11 is 0. The number of aromatic amines is 1. The van der Waals surface area contributed by atoms with Crippen LogP contribution in [0.5, 0.6) is 11.5 Å². The predicted octanol–water partition coefficient (Wildman–Crippen LogP) is -0.666. The average molecular weight is 848 g/mol. The lowest BCUT2D eigenvalue weighted by atomic mass is 9.90. The number of fused-ring (bicyclic) bond motifs is 3. The molecule has 20 nitrogen and oxygen atoms in total. The van der Waals surface area contributed by atoms with Gasteiger partial charge in [0, 0.05) is 29.7 Å². The molecule has 61 heavy (non-hydrogen) atoms. The largest absolute Gasteiger partial charge is 0.504 e. The van der Waals surface area contributed by atoms with Crippen LogP contribution in [0.2, 0.25) is 0 Å². The fraction of sp³-hybridized carbons (Fsp3) is 0.488. The number of phenolic OH excluding ortho intramolecular Hbond substituents is 1. The topological polar surface area (TPSA) is 322 Å². The van der Waals surface area contributed by atoms with Crippen molar-refractivity contribution in [2.24, 2.45) is 22.2 Å². The number of nitrogens with one attached hydrogen (secondary N) is 6. The third kappa shape index (κ3) is 11.7. The number of aliphatic carboxylic acids is 1. The van der Waals surface area contributed by atoms with Crippen LogP contribution in [0.1, 0.15) is 74.7 Å². The van der Waals surface area contributed by atoms with E-state index in [1.807, 2.05) is 24.3 Å². The number of aromatic nitrogens is 1. The smallest absolute Gasteiger partial charge is 0.326 e. The number of hydrogen-bond donors (Lipinski definition) is 11. The molecule has 6 atom stereocenters. The summed E-state index contributed by atoms with van der Waals surface area (Å²) in [7, 11) is 1.45. The summed E-state index contributed by atoms with van der Waals surface area (Å²) < 4.78 is 5.35. The fourth-order valence-electron chi connectivity index (χ4n) is 7.76. The number of aromatic hydroxyl groups is 1. The molecule has 2 aliphatic rings. The van der Waals surface area contributed by atoms with Crippen LogP contribution in [-0.4, -0.2) is 125 Å². The monoisotopic (exact) mass is 847 g/mol. The lowest BCUT2D eigenvalue weighted by molar-refractivity contribution is -0.143. The van der Waals surface area contributed by atoms with Gasteiger partial charge < -0.3 is 63.3 Å². The number of aliphatic imine (C=N–C) groups is 1. The van der Waals surface area contributed by atoms with E-state index in [2.05, 4.69) is 36.6 Å². The number of phenols is 1. The Morgan fingerprint density at radius 2 is 1.74 bits per heavy atom. The molecule has 5 amide bonds. The number of hydrogen-bond acceptors (Lipinski definition) is 11. The number of methoxy groups -OCH3 is 1. The number of rotatable bonds is 20. The van der Waals surface area contributed by atoms with Gasteiger partial charge in [-0.1, -0.05) is 24.3 Å². The van der Waals surface area contributed by atoms with Gasteiger partial charge in [-0.15, -0.1) is 0 Å². The summed E-state index contributed by atoms with van der Waals surface area (Å²) in [6.45, 7) is 1.70. The maximum absolute atomic E-state index is 14.1. The molecule has 0 unspecified atom stereocenters. The molecule has 1 aromatic heterocycles. The molecule has 14 N–H and O–H groups in total. The summed E-state index contributed by atoms with van der Waals surface area (Å²) in [4.78, 5) is 88.2. The Balaban J connectivity index is 1.24. The first-order chi connectivity index (χ1) is 29.2. The molecule has 1 saturated heterocycles. The number of H-pyrrole nitrogens is 1. The van der Waals surface area contributed by atoms with Crippen molar-refractivity contribution in [1.29, 1.82) is 0 Å². The number of nitrogens with two attached hydrogens (primary N) is 3. The number of guanidine groups is 1. The van der Waals surface area contributed by atoms with Gasteiger partial charge in [-0.25, -0.2) is 4.79 Å². The highest BCUT2D eigenvalue weighted by atomic mass is 16.5. The number of carboxylic acids is 1. The van der Waals surface area contributed by atoms with Crippen molar-refractivity contribution in [3.05, 3.63) is 59.3 Å². The minimum atomic E-state index is -1.21. The number of carboxylic acid groups (broad SMARTS) is 1. The Kier molecular flexibility index (Phi) is 15.9. The zero-order valence-corrected chi connectivity index (χ0v) is 34.4. The molecule has 0 spiro atoms. The molecule has 5 rings (SSSR count). The first-order valence-electron chi connectivity index (χ1n) is 20.4. The van der Waals surface area contributed by atoms with E-state index in [0.717, 1.165) is 27.7 Å². The molecule has 0 bridgehead atoms. The minimum absolute atomic E-state index is 0.0347. The van der Waals surface area contributed by atoms with Crippen molar-refractivity contribution in [3.8, 4) is 11.5 Å². The number of likely N-dealkylation sites (tertiary alicyclic amines) is 1. The second-order valence-electron chi connectivity index (χ2n) is 15.2. The fourth-order valence-corrected chi connectivity index (χ4v) is 7.76. The number of amides is 5. The Bertz CT molecular complexity index is 2100. The lowest BCUT2D eigenvalue weighted by Crippen LogP contribution is -2.57. The highest BCUT2D eigenvalue weighted by Crippen LogP contribution is 2.38. The minimum Gasteiger partial charge on any atom is -0.504 e. The molecule has 0 saturated carbocycles. The zero-order chi connectivity index (χ0) is 44.2. The molecular formula is C41H57N11O9. The number of para-hydroxylation sites is 1. The molecule has 20 heteroatoms. The molecule has 3 aromatic rings. The lowest BCUT2D eigenvalue weighted by Gasteiger charge is -2.31. The van der Waals surface area contributed by atoms with Crippen LogP contribution < -0.4 is 48.5 Å². The molecule has 1 fully saturated rings. The molecular weight excluding hydrogens is 791 g/mol. The van der Waals surface area contributed by atoms with Gasteiger partial charge in [0.25, 0.3) is 0 Å².